The quantitative estimate of drug-likeness (QED) is 0.704. The van der Waals surface area contributed by atoms with Crippen LogP contribution in [0, 0.1) is 0 Å². The first kappa shape index (κ1) is 16.3. The van der Waals surface area contributed by atoms with Crippen LogP contribution in [0.5, 0.6) is 11.5 Å². The molecule has 6 heteroatoms. The first-order valence-electron chi connectivity index (χ1n) is 6.39. The van der Waals surface area contributed by atoms with Gasteiger partial charge in [0, 0.05) is 19.8 Å². The summed E-state index contributed by atoms with van der Waals surface area (Å²) in [5.41, 5.74) is 6.39. The lowest BCUT2D eigenvalue weighted by molar-refractivity contribution is -0.117. The van der Waals surface area contributed by atoms with Crippen LogP contribution in [0.1, 0.15) is 12.8 Å². The number of hydrogen-bond donors (Lipinski definition) is 2. The van der Waals surface area contributed by atoms with Crippen LogP contribution in [0.2, 0.25) is 0 Å². The van der Waals surface area contributed by atoms with Gasteiger partial charge in [0.1, 0.15) is 11.5 Å². The van der Waals surface area contributed by atoms with Gasteiger partial charge in [-0.15, -0.1) is 0 Å². The molecule has 1 rings (SSSR count). The van der Waals surface area contributed by atoms with Gasteiger partial charge in [-0.25, -0.2) is 0 Å². The molecule has 20 heavy (non-hydrogen) atoms. The minimum atomic E-state index is -0.572. The van der Waals surface area contributed by atoms with Gasteiger partial charge in [-0.3, -0.25) is 4.79 Å². The number of benzene rings is 1. The van der Waals surface area contributed by atoms with Gasteiger partial charge in [0.15, 0.2) is 0 Å². The first-order chi connectivity index (χ1) is 9.62. The Morgan fingerprint density at radius 1 is 1.30 bits per heavy atom. The number of nitrogens with two attached hydrogens (primary N) is 1. The number of carbonyl (C=O) groups is 1. The summed E-state index contributed by atoms with van der Waals surface area (Å²) in [6.45, 7) is 0.590. The fourth-order valence-corrected chi connectivity index (χ4v) is 1.71. The van der Waals surface area contributed by atoms with E-state index in [0.29, 0.717) is 30.2 Å². The number of nitrogens with one attached hydrogen (secondary N) is 1. The van der Waals surface area contributed by atoms with E-state index in [-0.39, 0.29) is 5.91 Å². The van der Waals surface area contributed by atoms with Crippen molar-refractivity contribution in [2.24, 2.45) is 5.73 Å². The first-order valence-corrected chi connectivity index (χ1v) is 6.39. The Labute approximate surface area is 119 Å². The Morgan fingerprint density at radius 2 is 2.05 bits per heavy atom. The van der Waals surface area contributed by atoms with Gasteiger partial charge in [-0.2, -0.15) is 0 Å². The molecular formula is C14H22N2O4. The maximum atomic E-state index is 12.0. The van der Waals surface area contributed by atoms with Gasteiger partial charge in [0.05, 0.1) is 25.9 Å². The monoisotopic (exact) mass is 282 g/mol. The molecular weight excluding hydrogens is 260 g/mol. The van der Waals surface area contributed by atoms with Crippen LogP contribution in [0.25, 0.3) is 0 Å². The zero-order valence-electron chi connectivity index (χ0n) is 12.1. The van der Waals surface area contributed by atoms with E-state index in [1.54, 1.807) is 32.4 Å². The maximum Gasteiger partial charge on any atom is 0.241 e. The predicted octanol–water partition coefficient (Wildman–Crippen LogP) is 1.40. The summed E-state index contributed by atoms with van der Waals surface area (Å²) < 4.78 is 15.2. The highest BCUT2D eigenvalue weighted by molar-refractivity contribution is 5.96. The second-order valence-electron chi connectivity index (χ2n) is 4.30. The number of carbonyl (C=O) groups excluding carboxylic acids is 1. The van der Waals surface area contributed by atoms with Crippen molar-refractivity contribution >= 4 is 11.6 Å². The van der Waals surface area contributed by atoms with Crippen LogP contribution < -0.4 is 20.5 Å². The van der Waals surface area contributed by atoms with E-state index in [1.807, 2.05) is 0 Å². The molecule has 1 aromatic rings. The van der Waals surface area contributed by atoms with Gasteiger partial charge in [0.2, 0.25) is 5.91 Å². The highest BCUT2D eigenvalue weighted by Gasteiger charge is 2.15. The Morgan fingerprint density at radius 3 is 2.65 bits per heavy atom. The summed E-state index contributed by atoms with van der Waals surface area (Å²) in [7, 11) is 4.72. The highest BCUT2D eigenvalue weighted by atomic mass is 16.5. The van der Waals surface area contributed by atoms with Crippen LogP contribution in [-0.4, -0.2) is 39.9 Å². The van der Waals surface area contributed by atoms with Crippen molar-refractivity contribution in [3.8, 4) is 11.5 Å². The molecule has 0 aliphatic heterocycles. The van der Waals surface area contributed by atoms with Gasteiger partial charge in [-0.1, -0.05) is 0 Å². The van der Waals surface area contributed by atoms with Crippen molar-refractivity contribution < 1.29 is 19.0 Å². The molecule has 0 radical (unpaired) electrons. The van der Waals surface area contributed by atoms with Gasteiger partial charge in [0.25, 0.3) is 0 Å². The zero-order chi connectivity index (χ0) is 15.0. The fraction of sp³-hybridized carbons (Fsp3) is 0.500. The molecule has 1 atom stereocenters. The lowest BCUT2D eigenvalue weighted by atomic mass is 10.1. The molecule has 3 N–H and O–H groups in total. The largest absolute Gasteiger partial charge is 0.497 e. The second-order valence-corrected chi connectivity index (χ2v) is 4.30. The third-order valence-corrected chi connectivity index (χ3v) is 2.87. The molecule has 1 amide bonds. The van der Waals surface area contributed by atoms with Crippen molar-refractivity contribution in [3.63, 3.8) is 0 Å². The van der Waals surface area contributed by atoms with Gasteiger partial charge in [-0.05, 0) is 25.0 Å². The minimum absolute atomic E-state index is 0.246. The van der Waals surface area contributed by atoms with E-state index in [2.05, 4.69) is 5.32 Å². The SMILES string of the molecule is COCCCC(N)C(=O)Nc1ccc(OC)cc1OC. The molecule has 0 saturated heterocycles. The number of methoxy groups -OCH3 is 3. The fourth-order valence-electron chi connectivity index (χ4n) is 1.71. The number of ether oxygens (including phenoxy) is 3. The summed E-state index contributed by atoms with van der Waals surface area (Å²) in [5, 5.41) is 2.75. The molecule has 0 aromatic heterocycles. The number of amides is 1. The third-order valence-electron chi connectivity index (χ3n) is 2.87. The summed E-state index contributed by atoms with van der Waals surface area (Å²) >= 11 is 0. The van der Waals surface area contributed by atoms with Gasteiger partial charge >= 0.3 is 0 Å². The number of rotatable bonds is 8. The van der Waals surface area contributed by atoms with E-state index in [0.717, 1.165) is 6.42 Å². The average Bonchev–Trinajstić information content (AvgIpc) is 2.47. The van der Waals surface area contributed by atoms with Crippen LogP contribution in [0.15, 0.2) is 18.2 Å². The van der Waals surface area contributed by atoms with E-state index >= 15 is 0 Å². The molecule has 6 nitrogen and oxygen atoms in total. The van der Waals surface area contributed by atoms with Crippen molar-refractivity contribution in [2.75, 3.05) is 33.3 Å². The summed E-state index contributed by atoms with van der Waals surface area (Å²) in [4.78, 5) is 12.0. The van der Waals surface area contributed by atoms with Crippen LogP contribution in [0.4, 0.5) is 5.69 Å². The number of hydrogen-bond acceptors (Lipinski definition) is 5. The molecule has 0 bridgehead atoms. The Kier molecular flexibility index (Phi) is 6.83. The Balaban J connectivity index is 2.65. The summed E-state index contributed by atoms with van der Waals surface area (Å²) in [6, 6.07) is 4.59. The molecule has 0 aliphatic carbocycles. The predicted molar refractivity (Wildman–Crippen MR) is 77.3 cm³/mol. The molecule has 0 fully saturated rings. The van der Waals surface area contributed by atoms with E-state index in [1.165, 1.54) is 7.11 Å². The molecule has 0 heterocycles. The lowest BCUT2D eigenvalue weighted by Crippen LogP contribution is -2.35. The smallest absolute Gasteiger partial charge is 0.241 e. The van der Waals surface area contributed by atoms with Crippen molar-refractivity contribution in [3.05, 3.63) is 18.2 Å². The molecule has 1 unspecified atom stereocenters. The van der Waals surface area contributed by atoms with Crippen LogP contribution >= 0.6 is 0 Å². The average molecular weight is 282 g/mol. The van der Waals surface area contributed by atoms with E-state index < -0.39 is 6.04 Å². The standard InChI is InChI=1S/C14H22N2O4/c1-18-8-4-5-11(15)14(17)16-12-7-6-10(19-2)9-13(12)20-3/h6-7,9,11H,4-5,8,15H2,1-3H3,(H,16,17). The van der Waals surface area contributed by atoms with Crippen LogP contribution in [0.3, 0.4) is 0 Å². The molecule has 1 aromatic carbocycles. The highest BCUT2D eigenvalue weighted by Crippen LogP contribution is 2.29. The minimum Gasteiger partial charge on any atom is -0.497 e. The molecule has 112 valence electrons. The van der Waals surface area contributed by atoms with Crippen molar-refractivity contribution in [1.82, 2.24) is 0 Å². The topological polar surface area (TPSA) is 82.8 Å². The third kappa shape index (κ3) is 4.71. The zero-order valence-corrected chi connectivity index (χ0v) is 12.1. The van der Waals surface area contributed by atoms with E-state index in [9.17, 15) is 4.79 Å². The maximum absolute atomic E-state index is 12.0. The second kappa shape index (κ2) is 8.39. The van der Waals surface area contributed by atoms with Crippen LogP contribution in [-0.2, 0) is 9.53 Å². The lowest BCUT2D eigenvalue weighted by Gasteiger charge is -2.15. The van der Waals surface area contributed by atoms with Crippen molar-refractivity contribution in [1.29, 1.82) is 0 Å². The molecule has 0 saturated carbocycles. The van der Waals surface area contributed by atoms with E-state index in [4.69, 9.17) is 19.9 Å². The Hall–Kier alpha value is -1.79. The van der Waals surface area contributed by atoms with Gasteiger partial charge < -0.3 is 25.3 Å². The summed E-state index contributed by atoms with van der Waals surface area (Å²) in [6.07, 6.45) is 1.31. The normalized spacial score (nSPS) is 11.8. The Bertz CT molecular complexity index is 437. The number of anilines is 1. The summed E-state index contributed by atoms with van der Waals surface area (Å²) in [5.74, 6) is 0.940. The molecule has 0 aliphatic rings. The van der Waals surface area contributed by atoms with Crippen molar-refractivity contribution in [2.45, 2.75) is 18.9 Å². The molecule has 0 spiro atoms.